The van der Waals surface area contributed by atoms with Gasteiger partial charge < -0.3 is 184 Å². The van der Waals surface area contributed by atoms with Crippen molar-refractivity contribution in [1.29, 1.82) is 0 Å². The van der Waals surface area contributed by atoms with Crippen LogP contribution in [0.2, 0.25) is 0 Å². The summed E-state index contributed by atoms with van der Waals surface area (Å²) in [5.74, 6) is 0. The van der Waals surface area contributed by atoms with E-state index in [9.17, 15) is 0 Å². The maximum Gasteiger partial charge on any atom is 0.0689 e. The van der Waals surface area contributed by atoms with Gasteiger partial charge in [-0.1, -0.05) is 0 Å². The smallest absolute Gasteiger partial charge is 0.0689 e. The first-order valence-corrected chi connectivity index (χ1v) is 6.57. The van der Waals surface area contributed by atoms with Crippen LogP contribution in [-0.4, -0.2) is 61.0 Å². The fourth-order valence-corrected chi connectivity index (χ4v) is 0. The first-order chi connectivity index (χ1) is 20.8. The van der Waals surface area contributed by atoms with Crippen LogP contribution in [0.15, 0.2) is 0 Å². The van der Waals surface area contributed by atoms with Gasteiger partial charge in [-0.2, -0.15) is 0 Å². The Balaban J connectivity index is -0.0000000235. The second-order valence-corrected chi connectivity index (χ2v) is 2.68. The van der Waals surface area contributed by atoms with E-state index >= 15 is 0 Å². The summed E-state index contributed by atoms with van der Waals surface area (Å²) in [6.45, 7) is 0. The molecule has 0 bridgehead atoms. The summed E-state index contributed by atoms with van der Waals surface area (Å²) in [5.41, 5.74) is 0. The molecule has 50 heavy (non-hydrogen) atoms. The summed E-state index contributed by atoms with van der Waals surface area (Å²) in [6.07, 6.45) is 0. The summed E-state index contributed by atoms with van der Waals surface area (Å²) in [7, 11) is 0. The van der Waals surface area contributed by atoms with Gasteiger partial charge >= 0.3 is 0 Å². The molecule has 297 valence electrons. The largest absolute Gasteiger partial charge is 0.356 e. The molecule has 0 unspecified atom stereocenters. The van der Waals surface area contributed by atoms with Crippen molar-refractivity contribution in [3.8, 4) is 0 Å². The van der Waals surface area contributed by atoms with Crippen molar-refractivity contribution in [2.45, 2.75) is 0 Å². The van der Waals surface area contributed by atoms with Gasteiger partial charge in [-0.25, -0.2) is 0 Å². The molecule has 0 fully saturated rings. The van der Waals surface area contributed by atoms with Gasteiger partial charge in [0.1, 0.15) is 0 Å². The van der Waals surface area contributed by atoms with Crippen molar-refractivity contribution < 1.29 is 122 Å². The summed E-state index contributed by atoms with van der Waals surface area (Å²) < 4.78 is 0. The molecule has 0 atom stereocenters. The van der Waals surface area contributed by atoms with Crippen molar-refractivity contribution in [1.82, 2.24) is 0 Å². The Morgan fingerprint density at radius 2 is 0.160 bits per heavy atom. The standard InChI is InChI=1S/12NO3.Np.U/c12*2-1(3)4;;/q12*-1;;. The van der Waals surface area contributed by atoms with E-state index in [-0.39, 0.29) is 61.1 Å². The van der Waals surface area contributed by atoms with Crippen LogP contribution in [0.1, 0.15) is 0 Å². The molecule has 0 rings (SSSR count). The third-order valence-electron chi connectivity index (χ3n) is 0. The predicted octanol–water partition coefficient (Wildman–Crippen LogP) is -2.87. The van der Waals surface area contributed by atoms with Crippen LogP contribution in [0.25, 0.3) is 0 Å². The Morgan fingerprint density at radius 1 is 0.160 bits per heavy atom. The van der Waals surface area contributed by atoms with Crippen LogP contribution in [0.3, 0.4) is 0 Å². The molecule has 0 spiro atoms. The Labute approximate surface area is 305 Å². The van der Waals surface area contributed by atoms with Gasteiger partial charge in [0.2, 0.25) is 0 Å². The predicted molar refractivity (Wildman–Crippen MR) is 124 cm³/mol. The average Bonchev–Trinajstić information content (AvgIpc) is 2.61. The molecule has 0 amide bonds. The molecule has 0 aromatic carbocycles. The Morgan fingerprint density at radius 3 is 0.160 bits per heavy atom. The van der Waals surface area contributed by atoms with Crippen molar-refractivity contribution in [2.75, 3.05) is 0 Å². The second-order valence-electron chi connectivity index (χ2n) is 2.68. The van der Waals surface area contributed by atoms with Gasteiger partial charge in [-0.05, 0) is 0 Å². The van der Waals surface area contributed by atoms with Gasteiger partial charge in [0.25, 0.3) is 0 Å². The molecule has 0 saturated carbocycles. The molecule has 50 heteroatoms. The van der Waals surface area contributed by atoms with Crippen LogP contribution in [0, 0.1) is 245 Å². The normalized spacial score (nSPS) is 5.76. The van der Waals surface area contributed by atoms with Crippen molar-refractivity contribution in [3.63, 3.8) is 0 Å². The Kier molecular flexibility index (Phi) is 151. The van der Waals surface area contributed by atoms with E-state index in [0.717, 1.165) is 0 Å². The zero-order valence-electron chi connectivity index (χ0n) is 21.0. The minimum Gasteiger partial charge on any atom is -0.356 e. The van der Waals surface area contributed by atoms with E-state index < -0.39 is 61.0 Å². The minimum atomic E-state index is -1.75. The molecule has 0 aliphatic carbocycles. The third-order valence-corrected chi connectivity index (χ3v) is 0. The van der Waals surface area contributed by atoms with Gasteiger partial charge in [0.15, 0.2) is 0 Å². The van der Waals surface area contributed by atoms with E-state index in [1.54, 1.807) is 0 Å². The van der Waals surface area contributed by atoms with Crippen LogP contribution >= 0.6 is 0 Å². The van der Waals surface area contributed by atoms with Gasteiger partial charge in [-0.3, -0.25) is 0 Å². The molecular weight excluding hydrogens is 1220 g/mol. The van der Waals surface area contributed by atoms with Gasteiger partial charge in [-0.15, -0.1) is 0 Å². The van der Waals surface area contributed by atoms with Crippen LogP contribution in [0.5, 0.6) is 0 Å². The van der Waals surface area contributed by atoms with E-state index in [4.69, 9.17) is 184 Å². The van der Waals surface area contributed by atoms with Gasteiger partial charge in [0.05, 0.1) is 61.0 Å². The molecule has 0 aromatic heterocycles. The van der Waals surface area contributed by atoms with E-state index in [1.807, 2.05) is 0 Å². The fraction of sp³-hybridized carbons (Fsp3) is 0. The summed E-state index contributed by atoms with van der Waals surface area (Å²) in [5, 5.41) is 177. The molecule has 0 N–H and O–H groups in total. The van der Waals surface area contributed by atoms with Crippen molar-refractivity contribution in [2.24, 2.45) is 0 Å². The number of hydrogen-bond donors (Lipinski definition) is 0. The second kappa shape index (κ2) is 83.8. The van der Waals surface area contributed by atoms with Crippen molar-refractivity contribution >= 4 is 0 Å². The number of rotatable bonds is 0. The molecule has 1 radical (unpaired) electrons. The molecule has 0 saturated heterocycles. The molecule has 0 heterocycles. The molecule has 0 aliphatic heterocycles. The van der Waals surface area contributed by atoms with Crippen LogP contribution in [0.4, 0.5) is 0 Å². The first-order valence-electron chi connectivity index (χ1n) is 6.57. The van der Waals surface area contributed by atoms with Gasteiger partial charge in [0, 0.05) is 61.1 Å². The van der Waals surface area contributed by atoms with E-state index in [0.29, 0.717) is 0 Å². The minimum absolute atomic E-state index is 0. The number of hydrogen-bond acceptors (Lipinski definition) is 36. The monoisotopic (exact) mass is 1220 g/mol. The van der Waals surface area contributed by atoms with Crippen LogP contribution < -0.4 is 0 Å². The Hall–Kier alpha value is -7.54. The van der Waals surface area contributed by atoms with Crippen molar-refractivity contribution in [3.05, 3.63) is 184 Å². The molecule has 0 aliphatic rings. The molecule has 0 aromatic rings. The van der Waals surface area contributed by atoms with Crippen LogP contribution in [-0.2, 0) is 0 Å². The van der Waals surface area contributed by atoms with E-state index in [2.05, 4.69) is 0 Å². The van der Waals surface area contributed by atoms with E-state index in [1.165, 1.54) is 0 Å². The number of nitrogens with zero attached hydrogens (tertiary/aromatic N) is 12. The zero-order valence-corrected chi connectivity index (χ0v) is 28.9. The quantitative estimate of drug-likeness (QED) is 0.174. The maximum atomic E-state index is 8.25. The SMILES string of the molecule is O=[N+]([O-])[O-].O=[N+]([O-])[O-].O=[N+]([O-])[O-].O=[N+]([O-])[O-].O=[N+]([O-])[O-].O=[N+]([O-])[O-].O=[N+]([O-])[O-].O=[N+]([O-])[O-].O=[N+]([O-])[O-].O=[N+]([O-])[O-].O=[N+]([O-])[O-].O=[N+]([O-])[O-].[Np].[U]. The first kappa shape index (κ1) is 90.1. The maximum absolute atomic E-state index is 8.25. The summed E-state index contributed by atoms with van der Waals surface area (Å²) in [4.78, 5) is 99.0. The fourth-order valence-electron chi connectivity index (χ4n) is 0. The topological polar surface area (TPSA) is 794 Å². The molecular formula is N12NpO36U-12. The molecule has 48 nitrogen and oxygen atoms in total. The Bertz CT molecular complexity index is 587. The third kappa shape index (κ3) is 1110. The average molecular weight is 1220 g/mol. The summed E-state index contributed by atoms with van der Waals surface area (Å²) in [6, 6.07) is 0. The summed E-state index contributed by atoms with van der Waals surface area (Å²) >= 11 is 0. The zero-order chi connectivity index (χ0) is 42.9.